The summed E-state index contributed by atoms with van der Waals surface area (Å²) in [6, 6.07) is 18.2. The molecule has 1 unspecified atom stereocenters. The van der Waals surface area contributed by atoms with Crippen LogP contribution in [-0.4, -0.2) is 44.5 Å². The first-order valence-electron chi connectivity index (χ1n) is 11.0. The molecule has 8 nitrogen and oxygen atoms in total. The lowest BCUT2D eigenvalue weighted by atomic mass is 9.98. The summed E-state index contributed by atoms with van der Waals surface area (Å²) in [4.78, 5) is 18.5. The predicted molar refractivity (Wildman–Crippen MR) is 130 cm³/mol. The fourth-order valence-corrected chi connectivity index (χ4v) is 5.62. The van der Waals surface area contributed by atoms with E-state index in [-0.39, 0.29) is 18.3 Å². The van der Waals surface area contributed by atoms with Crippen LogP contribution in [0.2, 0.25) is 0 Å². The molecule has 1 atom stereocenters. The number of amides is 2. The van der Waals surface area contributed by atoms with Gasteiger partial charge in [-0.05, 0) is 48.2 Å². The molecule has 178 valence electrons. The van der Waals surface area contributed by atoms with Gasteiger partial charge in [-0.1, -0.05) is 48.0 Å². The third-order valence-corrected chi connectivity index (χ3v) is 7.28. The van der Waals surface area contributed by atoms with Gasteiger partial charge in [0.05, 0.1) is 19.4 Å². The van der Waals surface area contributed by atoms with Gasteiger partial charge in [-0.25, -0.2) is 13.2 Å². The van der Waals surface area contributed by atoms with Crippen LogP contribution in [0.4, 0.5) is 4.79 Å². The molecule has 2 heterocycles. The summed E-state index contributed by atoms with van der Waals surface area (Å²) in [7, 11) is -2.22. The molecule has 2 N–H and O–H groups in total. The Balaban J connectivity index is 1.65. The van der Waals surface area contributed by atoms with E-state index in [0.717, 1.165) is 16.9 Å². The van der Waals surface area contributed by atoms with Crippen LogP contribution in [0.1, 0.15) is 22.3 Å². The number of rotatable bonds is 9. The molecular formula is C25H28N4O4S. The highest BCUT2D eigenvalue weighted by Crippen LogP contribution is 2.32. The molecule has 0 radical (unpaired) electrons. The first kappa shape index (κ1) is 23.7. The van der Waals surface area contributed by atoms with Crippen LogP contribution >= 0.6 is 0 Å². The lowest BCUT2D eigenvalue weighted by Crippen LogP contribution is -2.57. The van der Waals surface area contributed by atoms with E-state index in [0.29, 0.717) is 24.1 Å². The number of pyridine rings is 1. The maximum atomic E-state index is 13.3. The largest absolute Gasteiger partial charge is 0.497 e. The number of nitrogens with one attached hydrogen (secondary N) is 2. The second-order valence-electron chi connectivity index (χ2n) is 8.36. The van der Waals surface area contributed by atoms with E-state index >= 15 is 0 Å². The van der Waals surface area contributed by atoms with E-state index in [2.05, 4.69) is 15.0 Å². The summed E-state index contributed by atoms with van der Waals surface area (Å²) in [5.41, 5.74) is 2.06. The zero-order chi connectivity index (χ0) is 24.2. The minimum Gasteiger partial charge on any atom is -0.497 e. The molecule has 34 heavy (non-hydrogen) atoms. The molecular weight excluding hydrogens is 452 g/mol. The Kier molecular flexibility index (Phi) is 6.85. The van der Waals surface area contributed by atoms with Gasteiger partial charge < -0.3 is 10.1 Å². The molecule has 2 aromatic carbocycles. The molecule has 0 bridgehead atoms. The van der Waals surface area contributed by atoms with Crippen molar-refractivity contribution in [1.82, 2.24) is 19.9 Å². The van der Waals surface area contributed by atoms with Crippen LogP contribution in [-0.2, 0) is 27.9 Å². The van der Waals surface area contributed by atoms with Crippen molar-refractivity contribution < 1.29 is 17.9 Å². The molecule has 9 heteroatoms. The number of aromatic nitrogens is 1. The number of urea groups is 1. The summed E-state index contributed by atoms with van der Waals surface area (Å²) in [5, 5.41) is 2.84. The highest BCUT2D eigenvalue weighted by Gasteiger charge is 2.49. The number of sulfonamides is 1. The average molecular weight is 481 g/mol. The summed E-state index contributed by atoms with van der Waals surface area (Å²) >= 11 is 0. The monoisotopic (exact) mass is 480 g/mol. The fraction of sp³-hybridized carbons (Fsp3) is 0.280. The molecule has 1 fully saturated rings. The zero-order valence-electron chi connectivity index (χ0n) is 19.2. The van der Waals surface area contributed by atoms with Crippen molar-refractivity contribution in [3.63, 3.8) is 0 Å². The number of ether oxygens (including phenoxy) is 1. The molecule has 0 saturated carbocycles. The minimum absolute atomic E-state index is 0.115. The second-order valence-corrected chi connectivity index (χ2v) is 10.1. The molecule has 0 aliphatic carbocycles. The highest BCUT2D eigenvalue weighted by atomic mass is 32.2. The Morgan fingerprint density at radius 1 is 1.09 bits per heavy atom. The Morgan fingerprint density at radius 3 is 2.47 bits per heavy atom. The molecule has 0 spiro atoms. The van der Waals surface area contributed by atoms with Crippen LogP contribution in [0.25, 0.3) is 0 Å². The van der Waals surface area contributed by atoms with Gasteiger partial charge in [0, 0.05) is 18.9 Å². The number of nitrogens with zero attached hydrogens (tertiary/aromatic N) is 2. The van der Waals surface area contributed by atoms with E-state index < -0.39 is 15.7 Å². The summed E-state index contributed by atoms with van der Waals surface area (Å²) in [6.07, 6.45) is 3.67. The first-order valence-corrected chi connectivity index (χ1v) is 12.6. The van der Waals surface area contributed by atoms with Crippen molar-refractivity contribution in [2.75, 3.05) is 20.2 Å². The van der Waals surface area contributed by atoms with Crippen molar-refractivity contribution in [2.24, 2.45) is 0 Å². The first-order chi connectivity index (χ1) is 16.3. The smallest absolute Gasteiger partial charge is 0.319 e. The number of hydrogen-bond acceptors (Lipinski definition) is 5. The summed E-state index contributed by atoms with van der Waals surface area (Å²) in [6.45, 7) is 2.40. The van der Waals surface area contributed by atoms with Crippen LogP contribution in [0.5, 0.6) is 5.75 Å². The maximum absolute atomic E-state index is 13.3. The van der Waals surface area contributed by atoms with Gasteiger partial charge in [0.2, 0.25) is 10.0 Å². The molecule has 1 aliphatic rings. The van der Waals surface area contributed by atoms with Crippen LogP contribution < -0.4 is 14.8 Å². The molecule has 4 rings (SSSR count). The zero-order valence-corrected chi connectivity index (χ0v) is 20.0. The Labute approximate surface area is 200 Å². The van der Waals surface area contributed by atoms with Gasteiger partial charge in [-0.2, -0.15) is 4.72 Å². The number of benzene rings is 2. The summed E-state index contributed by atoms with van der Waals surface area (Å²) in [5.74, 6) is 0.509. The summed E-state index contributed by atoms with van der Waals surface area (Å²) < 4.78 is 34.6. The Morgan fingerprint density at radius 2 is 1.82 bits per heavy atom. The maximum Gasteiger partial charge on any atom is 0.319 e. The van der Waals surface area contributed by atoms with Crippen molar-refractivity contribution in [1.29, 1.82) is 0 Å². The van der Waals surface area contributed by atoms with Gasteiger partial charge in [-0.15, -0.1) is 0 Å². The third kappa shape index (κ3) is 5.21. The molecule has 2 amide bonds. The number of aryl methyl sites for hydroxylation is 1. The lowest BCUT2D eigenvalue weighted by Gasteiger charge is -2.38. The predicted octanol–water partition coefficient (Wildman–Crippen LogP) is 2.94. The lowest BCUT2D eigenvalue weighted by molar-refractivity contribution is 0.147. The van der Waals surface area contributed by atoms with Gasteiger partial charge in [-0.3, -0.25) is 9.88 Å². The second kappa shape index (κ2) is 9.82. The van der Waals surface area contributed by atoms with E-state index in [9.17, 15) is 13.2 Å². The van der Waals surface area contributed by atoms with Crippen molar-refractivity contribution in [2.45, 2.75) is 24.8 Å². The van der Waals surface area contributed by atoms with Crippen molar-refractivity contribution in [3.8, 4) is 5.75 Å². The highest BCUT2D eigenvalue weighted by molar-refractivity contribution is 7.88. The van der Waals surface area contributed by atoms with Gasteiger partial charge >= 0.3 is 6.03 Å². The van der Waals surface area contributed by atoms with Crippen LogP contribution in [0.15, 0.2) is 73.1 Å². The van der Waals surface area contributed by atoms with Crippen molar-refractivity contribution in [3.05, 3.63) is 95.3 Å². The molecule has 1 aromatic heterocycles. The molecule has 3 aromatic rings. The average Bonchev–Trinajstić information content (AvgIpc) is 3.14. The number of carbonyl (C=O) groups excluding carboxylic acids is 1. The fourth-order valence-electron chi connectivity index (χ4n) is 4.13. The van der Waals surface area contributed by atoms with Crippen molar-refractivity contribution >= 4 is 16.1 Å². The van der Waals surface area contributed by atoms with Crippen LogP contribution in [0.3, 0.4) is 0 Å². The van der Waals surface area contributed by atoms with Gasteiger partial charge in [0.25, 0.3) is 0 Å². The normalized spacial score (nSPS) is 18.1. The topological polar surface area (TPSA) is 101 Å². The standard InChI is InChI=1S/C25H28N4O4S/c1-19-5-9-22(10-6-19)25(28-34(31,32)17-21-4-3-14-26-16-21)18-27-24(30)29(25)15-13-20-7-11-23(33-2)12-8-20/h3-12,14,16,28H,13,15,17-18H2,1-2H3,(H,27,30). The third-order valence-electron chi connectivity index (χ3n) is 5.92. The van der Waals surface area contributed by atoms with E-state index in [1.54, 1.807) is 30.3 Å². The van der Waals surface area contributed by atoms with E-state index in [1.807, 2.05) is 55.5 Å². The van der Waals surface area contributed by atoms with Gasteiger partial charge in [0.1, 0.15) is 5.75 Å². The number of methoxy groups -OCH3 is 1. The molecule has 1 saturated heterocycles. The quantitative estimate of drug-likeness (QED) is 0.491. The van der Waals surface area contributed by atoms with Crippen LogP contribution in [0, 0.1) is 6.92 Å². The Bertz CT molecular complexity index is 1230. The van der Waals surface area contributed by atoms with E-state index in [1.165, 1.54) is 6.20 Å². The number of hydrogen-bond donors (Lipinski definition) is 2. The SMILES string of the molecule is COc1ccc(CCN2C(=O)NCC2(NS(=O)(=O)Cc2cccnc2)c2ccc(C)cc2)cc1. The number of carbonyl (C=O) groups is 1. The van der Waals surface area contributed by atoms with E-state index in [4.69, 9.17) is 4.74 Å². The molecule has 1 aliphatic heterocycles. The minimum atomic E-state index is -3.82. The Hall–Kier alpha value is -3.43. The van der Waals surface area contributed by atoms with Gasteiger partial charge in [0.15, 0.2) is 5.66 Å².